The van der Waals surface area contributed by atoms with Crippen molar-refractivity contribution in [2.24, 2.45) is 11.8 Å². The van der Waals surface area contributed by atoms with Gasteiger partial charge in [0.25, 0.3) is 5.91 Å². The first-order valence-electron chi connectivity index (χ1n) is 10.7. The monoisotopic (exact) mass is 404 g/mol. The van der Waals surface area contributed by atoms with E-state index in [-0.39, 0.29) is 11.9 Å². The van der Waals surface area contributed by atoms with Gasteiger partial charge in [0.05, 0.1) is 0 Å². The van der Waals surface area contributed by atoms with Gasteiger partial charge in [0.2, 0.25) is 0 Å². The van der Waals surface area contributed by atoms with Crippen LogP contribution in [0.2, 0.25) is 0 Å². The molecule has 0 aromatic carbocycles. The van der Waals surface area contributed by atoms with Crippen molar-refractivity contribution in [3.63, 3.8) is 0 Å². The fraction of sp³-hybridized carbons (Fsp3) is 0.714. The van der Waals surface area contributed by atoms with E-state index in [4.69, 9.17) is 0 Å². The smallest absolute Gasteiger partial charge is 0.320 e. The van der Waals surface area contributed by atoms with Crippen LogP contribution < -0.4 is 16.0 Å². The molecule has 1 aliphatic rings. The average Bonchev–Trinajstić information content (AvgIpc) is 2.66. The molecular weight excluding hydrogens is 368 g/mol. The first-order valence-corrected chi connectivity index (χ1v) is 10.7. The van der Waals surface area contributed by atoms with E-state index in [2.05, 4.69) is 53.8 Å². The summed E-state index contributed by atoms with van der Waals surface area (Å²) >= 11 is 0. The molecule has 8 nitrogen and oxygen atoms in total. The highest BCUT2D eigenvalue weighted by molar-refractivity contribution is 5.93. The molecule has 0 saturated carbocycles. The Bertz CT molecular complexity index is 692. The summed E-state index contributed by atoms with van der Waals surface area (Å²) in [6.45, 7) is 13.3. The van der Waals surface area contributed by atoms with Gasteiger partial charge in [0.15, 0.2) is 11.5 Å². The predicted octanol–water partition coefficient (Wildman–Crippen LogP) is 2.67. The molecular formula is C21H36N6O2. The van der Waals surface area contributed by atoms with Crippen LogP contribution in [0.15, 0.2) is 6.07 Å². The van der Waals surface area contributed by atoms with Crippen LogP contribution in [-0.4, -0.2) is 59.3 Å². The summed E-state index contributed by atoms with van der Waals surface area (Å²) in [5.74, 6) is 1.25. The minimum Gasteiger partial charge on any atom is -0.338 e. The summed E-state index contributed by atoms with van der Waals surface area (Å²) in [6.07, 6.45) is 2.59. The van der Waals surface area contributed by atoms with Gasteiger partial charge in [-0.15, -0.1) is 10.2 Å². The van der Waals surface area contributed by atoms with Crippen LogP contribution in [0.4, 0.5) is 10.6 Å². The molecule has 0 aliphatic carbocycles. The highest BCUT2D eigenvalue weighted by atomic mass is 16.2. The second-order valence-electron chi connectivity index (χ2n) is 8.61. The van der Waals surface area contributed by atoms with Crippen molar-refractivity contribution in [2.75, 3.05) is 31.5 Å². The Kier molecular flexibility index (Phi) is 8.82. The van der Waals surface area contributed by atoms with Crippen LogP contribution in [0, 0.1) is 11.8 Å². The van der Waals surface area contributed by atoms with Crippen molar-refractivity contribution >= 4 is 17.8 Å². The Labute approximate surface area is 174 Å². The number of amides is 3. The number of aromatic nitrogens is 2. The summed E-state index contributed by atoms with van der Waals surface area (Å²) in [6, 6.07) is 1.78. The Balaban J connectivity index is 2.15. The number of carbonyl (C=O) groups excluding carboxylic acids is 2. The lowest BCUT2D eigenvalue weighted by Gasteiger charge is -2.34. The number of carbonyl (C=O) groups is 2. The third-order valence-corrected chi connectivity index (χ3v) is 4.79. The first-order chi connectivity index (χ1) is 13.8. The van der Waals surface area contributed by atoms with E-state index in [1.54, 1.807) is 6.07 Å². The maximum absolute atomic E-state index is 13.0. The first kappa shape index (κ1) is 23.1. The van der Waals surface area contributed by atoms with Crippen molar-refractivity contribution < 1.29 is 9.59 Å². The van der Waals surface area contributed by atoms with Gasteiger partial charge in [-0.05, 0) is 42.7 Å². The Morgan fingerprint density at radius 3 is 2.66 bits per heavy atom. The third kappa shape index (κ3) is 7.27. The predicted molar refractivity (Wildman–Crippen MR) is 115 cm³/mol. The lowest BCUT2D eigenvalue weighted by atomic mass is 10.0. The van der Waals surface area contributed by atoms with Gasteiger partial charge < -0.3 is 15.5 Å². The summed E-state index contributed by atoms with van der Waals surface area (Å²) in [5.41, 5.74) is 1.17. The van der Waals surface area contributed by atoms with Gasteiger partial charge in [-0.1, -0.05) is 34.6 Å². The molecule has 0 bridgehead atoms. The van der Waals surface area contributed by atoms with E-state index < -0.39 is 0 Å². The van der Waals surface area contributed by atoms with E-state index >= 15 is 0 Å². The molecule has 2 heterocycles. The zero-order valence-corrected chi connectivity index (χ0v) is 18.4. The van der Waals surface area contributed by atoms with E-state index in [0.717, 1.165) is 24.9 Å². The number of hydrogen-bond donors (Lipinski definition) is 3. The van der Waals surface area contributed by atoms with Gasteiger partial charge in [0.1, 0.15) is 0 Å². The van der Waals surface area contributed by atoms with E-state index in [9.17, 15) is 9.59 Å². The second-order valence-corrected chi connectivity index (χ2v) is 8.61. The SMILES string of the molecule is CCCNC(=O)Nc1nnc(C(=O)N2CCN[C@@H](CC(C)C)C2)cc1CC(C)C. The number of anilines is 1. The highest BCUT2D eigenvalue weighted by Gasteiger charge is 2.26. The molecule has 1 atom stereocenters. The van der Waals surface area contributed by atoms with Crippen molar-refractivity contribution in [3.05, 3.63) is 17.3 Å². The molecule has 1 aliphatic heterocycles. The van der Waals surface area contributed by atoms with Crippen LogP contribution in [0.3, 0.4) is 0 Å². The molecule has 162 valence electrons. The zero-order valence-electron chi connectivity index (χ0n) is 18.4. The molecule has 8 heteroatoms. The van der Waals surface area contributed by atoms with Crippen LogP contribution in [0.25, 0.3) is 0 Å². The fourth-order valence-electron chi connectivity index (χ4n) is 3.52. The number of piperazine rings is 1. The summed E-state index contributed by atoms with van der Waals surface area (Å²) in [7, 11) is 0. The highest BCUT2D eigenvalue weighted by Crippen LogP contribution is 2.19. The van der Waals surface area contributed by atoms with E-state index in [0.29, 0.717) is 55.4 Å². The van der Waals surface area contributed by atoms with Gasteiger partial charge >= 0.3 is 6.03 Å². The standard InChI is InChI=1S/C21H36N6O2/c1-6-7-23-21(29)24-19-16(10-14(2)3)12-18(25-26-19)20(28)27-9-8-22-17(13-27)11-15(4)5/h12,14-15,17,22H,6-11,13H2,1-5H3,(H2,23,24,26,29)/t17-/m0/s1. The molecule has 1 fully saturated rings. The zero-order chi connectivity index (χ0) is 21.4. The van der Waals surface area contributed by atoms with Crippen LogP contribution in [0.1, 0.15) is 63.5 Å². The summed E-state index contributed by atoms with van der Waals surface area (Å²) in [4.78, 5) is 26.9. The average molecular weight is 405 g/mol. The Morgan fingerprint density at radius 2 is 2.00 bits per heavy atom. The fourth-order valence-corrected chi connectivity index (χ4v) is 3.52. The van der Waals surface area contributed by atoms with Crippen LogP contribution in [-0.2, 0) is 6.42 Å². The molecule has 0 unspecified atom stereocenters. The van der Waals surface area contributed by atoms with Crippen LogP contribution >= 0.6 is 0 Å². The quantitative estimate of drug-likeness (QED) is 0.619. The molecule has 1 aromatic heterocycles. The topological polar surface area (TPSA) is 99.2 Å². The maximum Gasteiger partial charge on any atom is 0.320 e. The molecule has 1 aromatic rings. The summed E-state index contributed by atoms with van der Waals surface area (Å²) in [5, 5.41) is 17.3. The summed E-state index contributed by atoms with van der Waals surface area (Å²) < 4.78 is 0. The number of rotatable bonds is 8. The van der Waals surface area contributed by atoms with Crippen molar-refractivity contribution in [1.29, 1.82) is 0 Å². The van der Waals surface area contributed by atoms with Crippen molar-refractivity contribution in [2.45, 2.75) is 59.9 Å². The van der Waals surface area contributed by atoms with Gasteiger partial charge in [-0.25, -0.2) is 4.79 Å². The molecule has 2 rings (SSSR count). The second kappa shape index (κ2) is 11.1. The molecule has 1 saturated heterocycles. The van der Waals surface area contributed by atoms with Crippen molar-refractivity contribution in [1.82, 2.24) is 25.7 Å². The number of nitrogens with zero attached hydrogens (tertiary/aromatic N) is 3. The van der Waals surface area contributed by atoms with Gasteiger partial charge in [0, 0.05) is 32.2 Å². The van der Waals surface area contributed by atoms with Gasteiger partial charge in [-0.2, -0.15) is 0 Å². The lowest BCUT2D eigenvalue weighted by Crippen LogP contribution is -2.53. The minimum atomic E-state index is -0.302. The van der Waals surface area contributed by atoms with Gasteiger partial charge in [-0.3, -0.25) is 10.1 Å². The van der Waals surface area contributed by atoms with E-state index in [1.165, 1.54) is 0 Å². The minimum absolute atomic E-state index is 0.0975. The lowest BCUT2D eigenvalue weighted by molar-refractivity contribution is 0.0687. The molecule has 0 spiro atoms. The number of nitrogens with one attached hydrogen (secondary N) is 3. The molecule has 3 N–H and O–H groups in total. The largest absolute Gasteiger partial charge is 0.338 e. The Morgan fingerprint density at radius 1 is 1.24 bits per heavy atom. The number of hydrogen-bond acceptors (Lipinski definition) is 5. The normalized spacial score (nSPS) is 16.9. The Hall–Kier alpha value is -2.22. The molecule has 29 heavy (non-hydrogen) atoms. The number of urea groups is 1. The molecule has 0 radical (unpaired) electrons. The maximum atomic E-state index is 13.0. The molecule has 3 amide bonds. The van der Waals surface area contributed by atoms with Crippen molar-refractivity contribution in [3.8, 4) is 0 Å². The van der Waals surface area contributed by atoms with Crippen LogP contribution in [0.5, 0.6) is 0 Å². The third-order valence-electron chi connectivity index (χ3n) is 4.79. The van der Waals surface area contributed by atoms with E-state index in [1.807, 2.05) is 11.8 Å².